The van der Waals surface area contributed by atoms with Crippen LogP contribution in [0.1, 0.15) is 45.5 Å². The second-order valence-corrected chi connectivity index (χ2v) is 8.19. The molecule has 1 saturated carbocycles. The summed E-state index contributed by atoms with van der Waals surface area (Å²) in [6.07, 6.45) is 5.72. The molecule has 2 aromatic heterocycles. The van der Waals surface area contributed by atoms with Crippen molar-refractivity contribution in [1.82, 2.24) is 20.3 Å². The van der Waals surface area contributed by atoms with Crippen LogP contribution >= 0.6 is 36.2 Å². The van der Waals surface area contributed by atoms with E-state index in [1.807, 2.05) is 0 Å². The van der Waals surface area contributed by atoms with Crippen LogP contribution in [0.2, 0.25) is 0 Å². The smallest absolute Gasteiger partial charge is 0.133 e. The molecule has 0 aromatic carbocycles. The summed E-state index contributed by atoms with van der Waals surface area (Å²) in [5.41, 5.74) is 3.67. The Morgan fingerprint density at radius 2 is 1.85 bits per heavy atom. The van der Waals surface area contributed by atoms with Crippen LogP contribution in [-0.2, 0) is 25.8 Å². The molecule has 0 atom stereocenters. The fraction of sp³-hybridized carbons (Fsp3) is 0.611. The van der Waals surface area contributed by atoms with Gasteiger partial charge in [0.25, 0.3) is 0 Å². The van der Waals surface area contributed by atoms with Gasteiger partial charge in [-0.3, -0.25) is 0 Å². The average molecular weight is 416 g/mol. The Kier molecular flexibility index (Phi) is 7.64. The maximum Gasteiger partial charge on any atom is 0.133 e. The highest BCUT2D eigenvalue weighted by Gasteiger charge is 2.24. The predicted molar refractivity (Wildman–Crippen MR) is 112 cm³/mol. The summed E-state index contributed by atoms with van der Waals surface area (Å²) >= 11 is 1.77. The second-order valence-electron chi connectivity index (χ2n) is 6.91. The topological polar surface area (TPSA) is 62.7 Å². The van der Waals surface area contributed by atoms with Crippen LogP contribution < -0.4 is 10.6 Å². The quantitative estimate of drug-likeness (QED) is 0.779. The molecule has 4 rings (SSSR count). The first-order chi connectivity index (χ1) is 11.7. The van der Waals surface area contributed by atoms with Crippen molar-refractivity contribution in [1.29, 1.82) is 0 Å². The molecule has 1 aliphatic carbocycles. The maximum atomic E-state index is 4.89. The molecule has 8 heteroatoms. The first kappa shape index (κ1) is 21.4. The highest BCUT2D eigenvalue weighted by molar-refractivity contribution is 7.11. The standard InChI is InChI=1S/C18H25N5S.2ClH/c1-11-16(24-12(2)21-11)10-20-18-14-5-7-19-8-6-15(14)22-17(23-18)9-13-3-4-13;;/h13,19H,3-10H2,1-2H3,(H,20,22,23);2*1H. The number of hydrogen-bond donors (Lipinski definition) is 2. The maximum absolute atomic E-state index is 4.89. The van der Waals surface area contributed by atoms with Crippen molar-refractivity contribution < 1.29 is 0 Å². The molecule has 26 heavy (non-hydrogen) atoms. The molecule has 144 valence electrons. The summed E-state index contributed by atoms with van der Waals surface area (Å²) in [7, 11) is 0. The number of aromatic nitrogens is 3. The SMILES string of the molecule is Cc1nc(C)c(CNc2nc(CC3CC3)nc3c2CCNCC3)s1.Cl.Cl. The summed E-state index contributed by atoms with van der Waals surface area (Å²) in [6.45, 7) is 6.98. The molecule has 0 saturated heterocycles. The zero-order valence-electron chi connectivity index (χ0n) is 15.3. The van der Waals surface area contributed by atoms with Gasteiger partial charge in [0.2, 0.25) is 0 Å². The Balaban J connectivity index is 0.00000121. The summed E-state index contributed by atoms with van der Waals surface area (Å²) in [6, 6.07) is 0. The lowest BCUT2D eigenvalue weighted by Gasteiger charge is -2.14. The van der Waals surface area contributed by atoms with Gasteiger partial charge in [-0.05, 0) is 45.6 Å². The van der Waals surface area contributed by atoms with E-state index in [-0.39, 0.29) is 24.8 Å². The lowest BCUT2D eigenvalue weighted by Crippen LogP contribution is -2.16. The van der Waals surface area contributed by atoms with Crippen LogP contribution in [0, 0.1) is 19.8 Å². The Morgan fingerprint density at radius 1 is 1.08 bits per heavy atom. The van der Waals surface area contributed by atoms with Gasteiger partial charge < -0.3 is 10.6 Å². The Labute approximate surface area is 171 Å². The molecule has 0 amide bonds. The molecular weight excluding hydrogens is 389 g/mol. The number of fused-ring (bicyclic) bond motifs is 1. The van der Waals surface area contributed by atoms with Crippen LogP contribution in [0.3, 0.4) is 0 Å². The zero-order chi connectivity index (χ0) is 16.5. The second kappa shape index (κ2) is 9.31. The summed E-state index contributed by atoms with van der Waals surface area (Å²) in [5, 5.41) is 8.20. The van der Waals surface area contributed by atoms with Crippen LogP contribution in [0.25, 0.3) is 0 Å². The van der Waals surface area contributed by atoms with Crippen molar-refractivity contribution in [2.24, 2.45) is 5.92 Å². The molecule has 2 N–H and O–H groups in total. The minimum absolute atomic E-state index is 0. The van der Waals surface area contributed by atoms with Gasteiger partial charge in [-0.1, -0.05) is 0 Å². The molecule has 1 aliphatic heterocycles. The number of nitrogens with zero attached hydrogens (tertiary/aromatic N) is 3. The van der Waals surface area contributed by atoms with Gasteiger partial charge in [0.1, 0.15) is 11.6 Å². The molecule has 0 spiro atoms. The number of aryl methyl sites for hydroxylation is 2. The lowest BCUT2D eigenvalue weighted by molar-refractivity contribution is 0.706. The van der Waals surface area contributed by atoms with Crippen molar-refractivity contribution in [3.8, 4) is 0 Å². The number of thiazole rings is 1. The normalized spacial score (nSPS) is 16.1. The average Bonchev–Trinajstić information content (AvgIpc) is 3.33. The fourth-order valence-corrected chi connectivity index (χ4v) is 4.19. The molecule has 1 fully saturated rings. The molecule has 0 radical (unpaired) electrons. The first-order valence-corrected chi connectivity index (χ1v) is 9.77. The molecule has 2 aliphatic rings. The van der Waals surface area contributed by atoms with Gasteiger partial charge in [0.05, 0.1) is 22.9 Å². The monoisotopic (exact) mass is 415 g/mol. The highest BCUT2D eigenvalue weighted by atomic mass is 35.5. The third-order valence-corrected chi connectivity index (χ3v) is 5.89. The van der Waals surface area contributed by atoms with Crippen LogP contribution in [0.5, 0.6) is 0 Å². The van der Waals surface area contributed by atoms with E-state index >= 15 is 0 Å². The Bertz CT molecular complexity index is 745. The zero-order valence-corrected chi connectivity index (χ0v) is 17.8. The third-order valence-electron chi connectivity index (χ3n) is 4.81. The van der Waals surface area contributed by atoms with Gasteiger partial charge in [0.15, 0.2) is 0 Å². The fourth-order valence-electron chi connectivity index (χ4n) is 3.32. The third kappa shape index (κ3) is 5.06. The number of anilines is 1. The Morgan fingerprint density at radius 3 is 2.54 bits per heavy atom. The van der Waals surface area contributed by atoms with Crippen molar-refractivity contribution >= 4 is 42.0 Å². The Hall–Kier alpha value is -0.950. The van der Waals surface area contributed by atoms with Gasteiger partial charge in [-0.15, -0.1) is 36.2 Å². The van der Waals surface area contributed by atoms with Crippen LogP contribution in [0.15, 0.2) is 0 Å². The largest absolute Gasteiger partial charge is 0.365 e. The van der Waals surface area contributed by atoms with Gasteiger partial charge in [-0.2, -0.15) is 0 Å². The molecule has 0 bridgehead atoms. The van der Waals surface area contributed by atoms with Gasteiger partial charge in [-0.25, -0.2) is 15.0 Å². The minimum Gasteiger partial charge on any atom is -0.365 e. The predicted octanol–water partition coefficient (Wildman–Crippen LogP) is 3.65. The van der Waals surface area contributed by atoms with Crippen molar-refractivity contribution in [3.05, 3.63) is 32.7 Å². The number of rotatable bonds is 5. The van der Waals surface area contributed by atoms with Crippen molar-refractivity contribution in [2.45, 2.75) is 52.5 Å². The summed E-state index contributed by atoms with van der Waals surface area (Å²) < 4.78 is 0. The number of hydrogen-bond acceptors (Lipinski definition) is 6. The molecule has 5 nitrogen and oxygen atoms in total. The van der Waals surface area contributed by atoms with Gasteiger partial charge in [0, 0.05) is 29.8 Å². The van der Waals surface area contributed by atoms with E-state index in [9.17, 15) is 0 Å². The lowest BCUT2D eigenvalue weighted by atomic mass is 10.1. The van der Waals surface area contributed by atoms with E-state index in [0.29, 0.717) is 0 Å². The molecule has 3 heterocycles. The van der Waals surface area contributed by atoms with Crippen molar-refractivity contribution in [3.63, 3.8) is 0 Å². The van der Waals surface area contributed by atoms with E-state index in [1.54, 1.807) is 11.3 Å². The molecule has 2 aromatic rings. The summed E-state index contributed by atoms with van der Waals surface area (Å²) in [4.78, 5) is 15.6. The first-order valence-electron chi connectivity index (χ1n) is 8.95. The van der Waals surface area contributed by atoms with Crippen LogP contribution in [0.4, 0.5) is 5.82 Å². The highest BCUT2D eigenvalue weighted by Crippen LogP contribution is 2.32. The van der Waals surface area contributed by atoms with E-state index < -0.39 is 0 Å². The number of halogens is 2. The minimum atomic E-state index is 0. The van der Waals surface area contributed by atoms with Crippen LogP contribution in [-0.4, -0.2) is 28.0 Å². The van der Waals surface area contributed by atoms with Crippen molar-refractivity contribution in [2.75, 3.05) is 18.4 Å². The molecular formula is C18H27Cl2N5S. The van der Waals surface area contributed by atoms with Gasteiger partial charge >= 0.3 is 0 Å². The molecule has 0 unspecified atom stereocenters. The summed E-state index contributed by atoms with van der Waals surface area (Å²) in [5.74, 6) is 2.88. The van der Waals surface area contributed by atoms with E-state index in [4.69, 9.17) is 9.97 Å². The van der Waals surface area contributed by atoms with E-state index in [2.05, 4.69) is 29.5 Å². The number of nitrogens with one attached hydrogen (secondary N) is 2. The van der Waals surface area contributed by atoms with E-state index in [1.165, 1.54) is 29.0 Å². The van der Waals surface area contributed by atoms with E-state index in [0.717, 1.165) is 67.2 Å².